The number of ether oxygens (including phenoxy) is 3. The fraction of sp³-hybridized carbons (Fsp3) is 0.364. The molecule has 6 heteroatoms. The Morgan fingerprint density at radius 2 is 2.12 bits per heavy atom. The molecule has 0 heterocycles. The highest BCUT2D eigenvalue weighted by molar-refractivity contribution is 5.65. The summed E-state index contributed by atoms with van der Waals surface area (Å²) in [5, 5.41) is 0. The Hall–Kier alpha value is -1.66. The number of carbonyl (C=O) groups is 1. The summed E-state index contributed by atoms with van der Waals surface area (Å²) in [6.45, 7) is 1.22. The van der Waals surface area contributed by atoms with E-state index < -0.39 is 17.7 Å². The number of rotatable bonds is 5. The largest absolute Gasteiger partial charge is 0.413 e. The number of halogens is 1. The zero-order chi connectivity index (χ0) is 12.9. The number of nitrogens with two attached hydrogens (primary N) is 1. The number of amides is 1. The molecule has 2 N–H and O–H groups in total. The van der Waals surface area contributed by atoms with Gasteiger partial charge in [-0.3, -0.25) is 0 Å². The van der Waals surface area contributed by atoms with Crippen LogP contribution in [0.15, 0.2) is 24.3 Å². The first kappa shape index (κ1) is 13.4. The zero-order valence-electron chi connectivity index (χ0n) is 9.60. The molecule has 0 saturated carbocycles. The summed E-state index contributed by atoms with van der Waals surface area (Å²) in [6, 6.07) is 5.78. The highest BCUT2D eigenvalue weighted by Crippen LogP contribution is 2.28. The molecule has 0 aliphatic heterocycles. The van der Waals surface area contributed by atoms with E-state index in [2.05, 4.69) is 0 Å². The lowest BCUT2D eigenvalue weighted by Gasteiger charge is -2.28. The van der Waals surface area contributed by atoms with Gasteiger partial charge >= 0.3 is 6.09 Å². The monoisotopic (exact) mass is 243 g/mol. The van der Waals surface area contributed by atoms with Crippen LogP contribution in [0.2, 0.25) is 0 Å². The van der Waals surface area contributed by atoms with Crippen LogP contribution in [-0.4, -0.2) is 20.0 Å². The summed E-state index contributed by atoms with van der Waals surface area (Å²) in [6.07, 6.45) is -1.06. The third kappa shape index (κ3) is 3.40. The summed E-state index contributed by atoms with van der Waals surface area (Å²) < 4.78 is 28.3. The topological polar surface area (TPSA) is 70.8 Å². The molecule has 0 radical (unpaired) electrons. The number of methoxy groups -OCH3 is 1. The molecule has 0 fully saturated rings. The fourth-order valence-corrected chi connectivity index (χ4v) is 1.36. The first-order chi connectivity index (χ1) is 7.99. The minimum Gasteiger partial charge on any atom is -0.413 e. The smallest absolute Gasteiger partial charge is 0.407 e. The predicted octanol–water partition coefficient (Wildman–Crippen LogP) is 1.71. The fourth-order valence-electron chi connectivity index (χ4n) is 1.36. The SMILES string of the molecule is COCO[C@@](C)(OC(N)=O)c1ccccc1F. The first-order valence-corrected chi connectivity index (χ1v) is 4.86. The van der Waals surface area contributed by atoms with Gasteiger partial charge in [-0.15, -0.1) is 0 Å². The normalized spacial score (nSPS) is 14.1. The van der Waals surface area contributed by atoms with Gasteiger partial charge in [0.25, 0.3) is 0 Å². The van der Waals surface area contributed by atoms with Crippen LogP contribution in [0.4, 0.5) is 9.18 Å². The van der Waals surface area contributed by atoms with Crippen molar-refractivity contribution >= 4 is 6.09 Å². The van der Waals surface area contributed by atoms with Gasteiger partial charge in [-0.2, -0.15) is 0 Å². The lowest BCUT2D eigenvalue weighted by Crippen LogP contribution is -2.36. The lowest BCUT2D eigenvalue weighted by atomic mass is 10.1. The standard InChI is InChI=1S/C11H14FNO4/c1-11(16-7-15-2,17-10(13)14)8-5-3-4-6-9(8)12/h3-6H,7H2,1-2H3,(H2,13,14)/t11-/m0/s1. The maximum absolute atomic E-state index is 13.6. The summed E-state index contributed by atoms with van der Waals surface area (Å²) in [7, 11) is 1.39. The molecule has 0 aromatic heterocycles. The molecule has 1 atom stereocenters. The predicted molar refractivity (Wildman–Crippen MR) is 57.4 cm³/mol. The lowest BCUT2D eigenvalue weighted by molar-refractivity contribution is -0.238. The summed E-state index contributed by atoms with van der Waals surface area (Å²) in [5.41, 5.74) is 5.00. The molecule has 0 saturated heterocycles. The van der Waals surface area contributed by atoms with Crippen molar-refractivity contribution in [2.45, 2.75) is 12.7 Å². The van der Waals surface area contributed by atoms with Gasteiger partial charge in [0, 0.05) is 14.0 Å². The van der Waals surface area contributed by atoms with Crippen LogP contribution in [0.5, 0.6) is 0 Å². The number of hydrogen-bond acceptors (Lipinski definition) is 4. The molecule has 0 unspecified atom stereocenters. The van der Waals surface area contributed by atoms with Crippen LogP contribution in [0.25, 0.3) is 0 Å². The molecule has 17 heavy (non-hydrogen) atoms. The molecule has 1 rings (SSSR count). The van der Waals surface area contributed by atoms with Crippen molar-refractivity contribution in [2.24, 2.45) is 5.73 Å². The van der Waals surface area contributed by atoms with Gasteiger partial charge in [0.1, 0.15) is 5.82 Å². The van der Waals surface area contributed by atoms with Crippen molar-refractivity contribution in [1.82, 2.24) is 0 Å². The van der Waals surface area contributed by atoms with Crippen molar-refractivity contribution in [2.75, 3.05) is 13.9 Å². The van der Waals surface area contributed by atoms with Crippen molar-refractivity contribution < 1.29 is 23.4 Å². The highest BCUT2D eigenvalue weighted by Gasteiger charge is 2.34. The summed E-state index contributed by atoms with van der Waals surface area (Å²) >= 11 is 0. The molecule has 0 spiro atoms. The van der Waals surface area contributed by atoms with E-state index in [1.807, 2.05) is 0 Å². The third-order valence-electron chi connectivity index (χ3n) is 2.11. The molecular formula is C11H14FNO4. The van der Waals surface area contributed by atoms with E-state index in [9.17, 15) is 9.18 Å². The van der Waals surface area contributed by atoms with Gasteiger partial charge in [0.2, 0.25) is 5.79 Å². The second-order valence-corrected chi connectivity index (χ2v) is 3.40. The second-order valence-electron chi connectivity index (χ2n) is 3.40. The third-order valence-corrected chi connectivity index (χ3v) is 2.11. The van der Waals surface area contributed by atoms with Gasteiger partial charge in [-0.05, 0) is 12.1 Å². The molecule has 1 aromatic rings. The Labute approximate surface area is 98.3 Å². The molecule has 5 nitrogen and oxygen atoms in total. The Morgan fingerprint density at radius 3 is 2.65 bits per heavy atom. The first-order valence-electron chi connectivity index (χ1n) is 4.86. The molecular weight excluding hydrogens is 229 g/mol. The highest BCUT2D eigenvalue weighted by atomic mass is 19.1. The average molecular weight is 243 g/mol. The Balaban J connectivity index is 3.04. The maximum Gasteiger partial charge on any atom is 0.407 e. The van der Waals surface area contributed by atoms with Crippen LogP contribution in [0.3, 0.4) is 0 Å². The average Bonchev–Trinajstić information content (AvgIpc) is 2.26. The van der Waals surface area contributed by atoms with Crippen LogP contribution < -0.4 is 5.73 Å². The van der Waals surface area contributed by atoms with Crippen molar-refractivity contribution in [3.8, 4) is 0 Å². The van der Waals surface area contributed by atoms with Gasteiger partial charge < -0.3 is 19.9 Å². The van der Waals surface area contributed by atoms with E-state index in [4.69, 9.17) is 19.9 Å². The molecule has 0 bridgehead atoms. The number of benzene rings is 1. The van der Waals surface area contributed by atoms with Gasteiger partial charge in [-0.25, -0.2) is 9.18 Å². The minimum absolute atomic E-state index is 0.0656. The van der Waals surface area contributed by atoms with Gasteiger partial charge in [-0.1, -0.05) is 12.1 Å². The number of hydrogen-bond donors (Lipinski definition) is 1. The molecule has 0 aliphatic rings. The molecule has 1 aromatic carbocycles. The number of carbonyl (C=O) groups excluding carboxylic acids is 1. The van der Waals surface area contributed by atoms with Crippen LogP contribution in [0.1, 0.15) is 12.5 Å². The van der Waals surface area contributed by atoms with Crippen molar-refractivity contribution in [3.05, 3.63) is 35.6 Å². The van der Waals surface area contributed by atoms with Crippen molar-refractivity contribution in [3.63, 3.8) is 0 Å². The Bertz CT molecular complexity index is 399. The summed E-state index contributed by atoms with van der Waals surface area (Å²) in [4.78, 5) is 10.8. The maximum atomic E-state index is 13.6. The Kier molecular flexibility index (Phi) is 4.42. The van der Waals surface area contributed by atoms with E-state index in [1.54, 1.807) is 6.07 Å². The number of primary amides is 1. The van der Waals surface area contributed by atoms with E-state index in [0.717, 1.165) is 0 Å². The zero-order valence-corrected chi connectivity index (χ0v) is 9.60. The molecule has 0 aliphatic carbocycles. The van der Waals surface area contributed by atoms with E-state index in [-0.39, 0.29) is 12.4 Å². The van der Waals surface area contributed by atoms with Gasteiger partial charge in [0.05, 0.1) is 5.56 Å². The van der Waals surface area contributed by atoms with E-state index in [1.165, 1.54) is 32.2 Å². The quantitative estimate of drug-likeness (QED) is 0.799. The van der Waals surface area contributed by atoms with Crippen LogP contribution >= 0.6 is 0 Å². The van der Waals surface area contributed by atoms with E-state index >= 15 is 0 Å². The minimum atomic E-state index is -1.62. The van der Waals surface area contributed by atoms with E-state index in [0.29, 0.717) is 0 Å². The second kappa shape index (κ2) is 5.60. The summed E-state index contributed by atoms with van der Waals surface area (Å²) in [5.74, 6) is -2.18. The Morgan fingerprint density at radius 1 is 1.47 bits per heavy atom. The van der Waals surface area contributed by atoms with Crippen LogP contribution in [0, 0.1) is 5.82 Å². The van der Waals surface area contributed by atoms with Crippen LogP contribution in [-0.2, 0) is 20.0 Å². The van der Waals surface area contributed by atoms with Crippen molar-refractivity contribution in [1.29, 1.82) is 0 Å². The molecule has 1 amide bonds. The van der Waals surface area contributed by atoms with Gasteiger partial charge in [0.15, 0.2) is 6.79 Å². The molecule has 94 valence electrons.